The second-order valence-corrected chi connectivity index (χ2v) is 5.42. The van der Waals surface area contributed by atoms with Gasteiger partial charge >= 0.3 is 5.97 Å². The van der Waals surface area contributed by atoms with E-state index < -0.39 is 5.97 Å². The van der Waals surface area contributed by atoms with Gasteiger partial charge in [0.25, 0.3) is 0 Å². The van der Waals surface area contributed by atoms with Crippen LogP contribution in [0.5, 0.6) is 5.75 Å². The summed E-state index contributed by atoms with van der Waals surface area (Å²) in [6.45, 7) is 9.51. The van der Waals surface area contributed by atoms with E-state index in [1.807, 2.05) is 45.0 Å². The molecule has 0 aliphatic carbocycles. The number of hydrogen-bond donors (Lipinski definition) is 1. The Kier molecular flexibility index (Phi) is 7.92. The molecule has 5 nitrogen and oxygen atoms in total. The molecule has 25 heavy (non-hydrogen) atoms. The van der Waals surface area contributed by atoms with Gasteiger partial charge in [-0.25, -0.2) is 4.79 Å². The van der Waals surface area contributed by atoms with Crippen molar-refractivity contribution in [2.75, 3.05) is 7.11 Å². The zero-order chi connectivity index (χ0) is 19.0. The smallest absolute Gasteiger partial charge is 0.355 e. The van der Waals surface area contributed by atoms with E-state index in [9.17, 15) is 9.59 Å². The summed E-state index contributed by atoms with van der Waals surface area (Å²) in [6.07, 6.45) is 1.09. The number of aromatic nitrogens is 1. The molecule has 0 bridgehead atoms. The number of aldehydes is 1. The summed E-state index contributed by atoms with van der Waals surface area (Å²) in [5, 5.41) is 0. The van der Waals surface area contributed by atoms with Crippen LogP contribution in [0, 0.1) is 0 Å². The molecule has 0 aliphatic heterocycles. The molecule has 5 heteroatoms. The maximum atomic E-state index is 12.3. The highest BCUT2D eigenvalue weighted by atomic mass is 16.5. The molecular formula is C20H27NO4. The lowest BCUT2D eigenvalue weighted by atomic mass is 9.98. The standard InChI is InChI=1S/C18H21NO4.C2H6/c1-5-14-16(12-7-6-8-13(9-12)22-4)15(10-20)19-17(14)18(21)23-11(2)3;1-2/h6-11,19H,5H2,1-4H3;1-2H3. The summed E-state index contributed by atoms with van der Waals surface area (Å²) < 4.78 is 10.5. The van der Waals surface area contributed by atoms with E-state index in [1.165, 1.54) is 0 Å². The van der Waals surface area contributed by atoms with Crippen LogP contribution in [0.2, 0.25) is 0 Å². The number of carbonyl (C=O) groups is 2. The minimum absolute atomic E-state index is 0.226. The number of aromatic amines is 1. The van der Waals surface area contributed by atoms with Gasteiger partial charge in [0.1, 0.15) is 11.4 Å². The normalized spacial score (nSPS) is 10.0. The van der Waals surface area contributed by atoms with E-state index in [4.69, 9.17) is 9.47 Å². The lowest BCUT2D eigenvalue weighted by Crippen LogP contribution is -2.13. The van der Waals surface area contributed by atoms with Gasteiger partial charge in [-0.3, -0.25) is 4.79 Å². The Morgan fingerprint density at radius 3 is 2.48 bits per heavy atom. The molecule has 2 aromatic rings. The second kappa shape index (κ2) is 9.67. The van der Waals surface area contributed by atoms with Crippen LogP contribution in [-0.2, 0) is 11.2 Å². The van der Waals surface area contributed by atoms with Gasteiger partial charge in [-0.1, -0.05) is 32.9 Å². The molecule has 1 heterocycles. The van der Waals surface area contributed by atoms with Crippen LogP contribution >= 0.6 is 0 Å². The monoisotopic (exact) mass is 345 g/mol. The maximum absolute atomic E-state index is 12.3. The summed E-state index contributed by atoms with van der Waals surface area (Å²) in [5.74, 6) is 0.239. The van der Waals surface area contributed by atoms with Crippen LogP contribution in [0.3, 0.4) is 0 Å². The van der Waals surface area contributed by atoms with Crippen molar-refractivity contribution in [3.05, 3.63) is 41.2 Å². The largest absolute Gasteiger partial charge is 0.497 e. The molecule has 0 saturated carbocycles. The van der Waals surface area contributed by atoms with Gasteiger partial charge in [-0.2, -0.15) is 0 Å². The topological polar surface area (TPSA) is 68.4 Å². The molecule has 2 rings (SSSR count). The quantitative estimate of drug-likeness (QED) is 0.611. The molecule has 1 aromatic heterocycles. The van der Waals surface area contributed by atoms with Gasteiger partial charge in [0.05, 0.1) is 18.9 Å². The zero-order valence-corrected chi connectivity index (χ0v) is 15.8. The first kappa shape index (κ1) is 20.5. The number of ether oxygens (including phenoxy) is 2. The number of benzene rings is 1. The van der Waals surface area contributed by atoms with Gasteiger partial charge in [-0.05, 0) is 43.5 Å². The average Bonchev–Trinajstić information content (AvgIpc) is 3.01. The van der Waals surface area contributed by atoms with Crippen LogP contribution in [0.25, 0.3) is 11.1 Å². The van der Waals surface area contributed by atoms with Crippen molar-refractivity contribution in [1.29, 1.82) is 0 Å². The van der Waals surface area contributed by atoms with Gasteiger partial charge in [0.15, 0.2) is 6.29 Å². The molecule has 1 aromatic carbocycles. The molecule has 0 spiro atoms. The summed E-state index contributed by atoms with van der Waals surface area (Å²) >= 11 is 0. The molecule has 0 unspecified atom stereocenters. The van der Waals surface area contributed by atoms with E-state index >= 15 is 0 Å². The number of methoxy groups -OCH3 is 1. The minimum Gasteiger partial charge on any atom is -0.497 e. The third-order valence-corrected chi connectivity index (χ3v) is 3.51. The van der Waals surface area contributed by atoms with Crippen LogP contribution in [0.15, 0.2) is 24.3 Å². The summed E-state index contributed by atoms with van der Waals surface area (Å²) in [4.78, 5) is 26.7. The Morgan fingerprint density at radius 1 is 1.28 bits per heavy atom. The third-order valence-electron chi connectivity index (χ3n) is 3.51. The molecule has 0 saturated heterocycles. The van der Waals surface area contributed by atoms with E-state index in [0.717, 1.165) is 23.0 Å². The fraction of sp³-hybridized carbons (Fsp3) is 0.400. The lowest BCUT2D eigenvalue weighted by Gasteiger charge is -2.09. The first-order valence-electron chi connectivity index (χ1n) is 8.57. The predicted molar refractivity (Wildman–Crippen MR) is 99.4 cm³/mol. The summed E-state index contributed by atoms with van der Waals surface area (Å²) in [5.41, 5.74) is 3.01. The van der Waals surface area contributed by atoms with Crippen molar-refractivity contribution < 1.29 is 19.1 Å². The fourth-order valence-corrected chi connectivity index (χ4v) is 2.56. The van der Waals surface area contributed by atoms with Crippen molar-refractivity contribution >= 4 is 12.3 Å². The van der Waals surface area contributed by atoms with Gasteiger partial charge in [0, 0.05) is 5.56 Å². The summed E-state index contributed by atoms with van der Waals surface area (Å²) in [7, 11) is 1.59. The highest BCUT2D eigenvalue weighted by Crippen LogP contribution is 2.32. The first-order valence-corrected chi connectivity index (χ1v) is 8.57. The Bertz CT molecular complexity index is 716. The zero-order valence-electron chi connectivity index (χ0n) is 15.8. The Morgan fingerprint density at radius 2 is 1.96 bits per heavy atom. The number of H-pyrrole nitrogens is 1. The molecular weight excluding hydrogens is 318 g/mol. The number of hydrogen-bond acceptors (Lipinski definition) is 4. The van der Waals surface area contributed by atoms with Gasteiger partial charge in [0.2, 0.25) is 0 Å². The van der Waals surface area contributed by atoms with Crippen LogP contribution in [0.4, 0.5) is 0 Å². The molecule has 0 atom stereocenters. The number of nitrogens with one attached hydrogen (secondary N) is 1. The van der Waals surface area contributed by atoms with Gasteiger partial charge in [-0.15, -0.1) is 0 Å². The highest BCUT2D eigenvalue weighted by molar-refractivity contribution is 5.97. The highest BCUT2D eigenvalue weighted by Gasteiger charge is 2.23. The van der Waals surface area contributed by atoms with Crippen LogP contribution in [-0.4, -0.2) is 30.5 Å². The molecule has 0 radical (unpaired) electrons. The van der Waals surface area contributed by atoms with Crippen LogP contribution < -0.4 is 4.74 Å². The van der Waals surface area contributed by atoms with Crippen molar-refractivity contribution in [2.24, 2.45) is 0 Å². The maximum Gasteiger partial charge on any atom is 0.355 e. The number of rotatable bonds is 6. The van der Waals surface area contributed by atoms with E-state index in [1.54, 1.807) is 21.0 Å². The Labute approximate surface area is 149 Å². The van der Waals surface area contributed by atoms with Crippen molar-refractivity contribution in [3.8, 4) is 16.9 Å². The predicted octanol–water partition coefficient (Wildman–Crippen LogP) is 4.66. The van der Waals surface area contributed by atoms with E-state index in [-0.39, 0.29) is 6.10 Å². The lowest BCUT2D eigenvalue weighted by molar-refractivity contribution is 0.0370. The Hall–Kier alpha value is -2.56. The molecule has 0 amide bonds. The number of carbonyl (C=O) groups excluding carboxylic acids is 2. The number of esters is 1. The SMILES string of the molecule is CC.CCc1c(C(=O)OC(C)C)[nH]c(C=O)c1-c1cccc(OC)c1. The molecule has 136 valence electrons. The van der Waals surface area contributed by atoms with Crippen molar-refractivity contribution in [2.45, 2.75) is 47.1 Å². The first-order chi connectivity index (χ1) is 12.0. The Balaban J connectivity index is 0.00000151. The van der Waals surface area contributed by atoms with Crippen molar-refractivity contribution in [3.63, 3.8) is 0 Å². The second-order valence-electron chi connectivity index (χ2n) is 5.42. The van der Waals surface area contributed by atoms with Gasteiger partial charge < -0.3 is 14.5 Å². The summed E-state index contributed by atoms with van der Waals surface area (Å²) in [6, 6.07) is 7.40. The third kappa shape index (κ3) is 4.72. The minimum atomic E-state index is -0.450. The van der Waals surface area contributed by atoms with E-state index in [0.29, 0.717) is 23.6 Å². The van der Waals surface area contributed by atoms with Crippen LogP contribution in [0.1, 0.15) is 61.2 Å². The van der Waals surface area contributed by atoms with Crippen molar-refractivity contribution in [1.82, 2.24) is 4.98 Å². The molecule has 1 N–H and O–H groups in total. The van der Waals surface area contributed by atoms with E-state index in [2.05, 4.69) is 4.98 Å². The molecule has 0 fully saturated rings. The average molecular weight is 345 g/mol. The fourth-order valence-electron chi connectivity index (χ4n) is 2.56. The molecule has 0 aliphatic rings.